The molecule has 83 heavy (non-hydrogen) atoms. The Bertz CT molecular complexity index is 2530. The number of alkyl halides is 1. The normalized spacial score (nSPS) is 14.8. The number of anilines is 1. The first-order valence-corrected chi connectivity index (χ1v) is 109. The zero-order valence-electron chi connectivity index (χ0n) is 44.3. The number of nitrogen functional groups attached to an aromatic ring is 1. The van der Waals surface area contributed by atoms with Crippen LogP contribution in [0.5, 0.6) is 0 Å². The number of nitrogens with one attached hydrogen (secondary N) is 1. The molecule has 0 saturated heterocycles. The van der Waals surface area contributed by atoms with E-state index in [9.17, 15) is 12.8 Å². The molecule has 4 aromatic rings. The molecule has 0 amide bonds. The van der Waals surface area contributed by atoms with Gasteiger partial charge in [-0.2, -0.15) is 0 Å². The number of hydrogen-bond acceptors (Lipinski definition) is 9. The first-order chi connectivity index (χ1) is 38.5. The largest absolute Gasteiger partial charge is 0.414 e. The first kappa shape index (κ1) is 93.7. The van der Waals surface area contributed by atoms with Crippen molar-refractivity contribution in [1.29, 1.82) is 0 Å². The third-order valence-corrected chi connectivity index (χ3v) is 335. The van der Waals surface area contributed by atoms with E-state index in [0.29, 0.717) is 23.4 Å². The van der Waals surface area contributed by atoms with E-state index in [0.717, 1.165) is 13.5 Å². The summed E-state index contributed by atoms with van der Waals surface area (Å²) < 4.78 is 43.5. The molecule has 0 radical (unpaired) electrons. The van der Waals surface area contributed by atoms with Crippen LogP contribution in [0.2, 0.25) is 0 Å². The van der Waals surface area contributed by atoms with E-state index in [1.54, 1.807) is 38.1 Å². The van der Waals surface area contributed by atoms with Crippen LogP contribution in [0.1, 0.15) is 26.3 Å². The molecular formula is C25H76FN6O3P47S. The van der Waals surface area contributed by atoms with Crippen LogP contribution < -0.4 is 11.1 Å². The lowest BCUT2D eigenvalue weighted by atomic mass is 10.1. The molecule has 2 aromatic carbocycles. The van der Waals surface area contributed by atoms with E-state index in [1.807, 2.05) is 24.3 Å². The summed E-state index contributed by atoms with van der Waals surface area (Å²) in [4.78, 5) is 8.98. The minimum atomic E-state index is -3.38. The molecule has 29 unspecified atom stereocenters. The lowest BCUT2D eigenvalue weighted by Gasteiger charge is -2.58. The zero-order valence-corrected chi connectivity index (χ0v) is 93.5. The fraction of sp³-hybridized carbons (Fsp3) is 0.280. The van der Waals surface area contributed by atoms with Crippen molar-refractivity contribution >= 4 is 392 Å². The fourth-order valence-corrected chi connectivity index (χ4v) is 665. The Morgan fingerprint density at radius 2 is 0.880 bits per heavy atom. The van der Waals surface area contributed by atoms with Crippen molar-refractivity contribution in [3.63, 3.8) is 0 Å². The standard InChI is InChI=1S/C25H27FN6O3S.H49P47/c1-15(2)36(33,34)20-10-8-18(9-11-20)21-14-29-23(27)22(30-21)25-32-31-24(35-25)19-6-4-17(5-7-19)13-28-12-16(3)26;1-25-37(24)43(36(22)23)46(42(34(18)19)35(20)21)47(44(38(26(2)3)27(4)5)39(28(6)7)29(8)9)45(40(30(10)11)31(12)13)41(32(14)15)33(16)17/h4-11,14-16,28H,12-13H2,1-3H3,(H2,27,29);25H,1-24H2. The van der Waals surface area contributed by atoms with Crippen LogP contribution in [0, 0.1) is 0 Å². The molecular weight excluding hydrogens is 1940 g/mol. The minimum absolute atomic E-state index is 0.0715. The van der Waals surface area contributed by atoms with E-state index in [1.165, 1.54) is 13.1 Å². The second-order valence-electron chi connectivity index (χ2n) is 16.0. The lowest BCUT2D eigenvalue weighted by molar-refractivity contribution is 0.344. The van der Waals surface area contributed by atoms with Gasteiger partial charge in [0.25, 0.3) is 5.89 Å². The molecule has 2 heterocycles. The third-order valence-electron chi connectivity index (χ3n) is 9.52. The van der Waals surface area contributed by atoms with Gasteiger partial charge in [-0.15, -0.1) is 224 Å². The average Bonchev–Trinajstić information content (AvgIpc) is 3.96. The van der Waals surface area contributed by atoms with Crippen molar-refractivity contribution in [1.82, 2.24) is 25.5 Å². The topological polar surface area (TPSA) is 137 Å². The molecule has 0 fully saturated rings. The molecule has 9 nitrogen and oxygen atoms in total. The predicted octanol–water partition coefficient (Wildman–Crippen LogP) is 31.4. The quantitative estimate of drug-likeness (QED) is 0.0472. The maximum atomic E-state index is 12.9. The summed E-state index contributed by atoms with van der Waals surface area (Å²) in [6.07, 6.45) is 0.592. The van der Waals surface area contributed by atoms with Gasteiger partial charge in [0.05, 0.1) is 22.0 Å². The van der Waals surface area contributed by atoms with Crippen LogP contribution in [0.25, 0.3) is 34.3 Å². The van der Waals surface area contributed by atoms with Gasteiger partial charge in [-0.1, -0.05) is 32.2 Å². The van der Waals surface area contributed by atoms with Gasteiger partial charge in [-0.3, -0.25) is 0 Å². The molecule has 29 atom stereocenters. The lowest BCUT2D eigenvalue weighted by Crippen LogP contribution is -2.21. The summed E-state index contributed by atoms with van der Waals surface area (Å²) in [6, 6.07) is 13.9. The van der Waals surface area contributed by atoms with Gasteiger partial charge in [0.15, 0.2) is 21.3 Å². The van der Waals surface area contributed by atoms with Crippen molar-refractivity contribution in [3.8, 4) is 34.3 Å². The summed E-state index contributed by atoms with van der Waals surface area (Å²) in [5.74, 6) is 0.520. The number of hydrogen-bond donors (Lipinski definition) is 2. The number of benzene rings is 2. The SMILES string of the molecule is CC(F)CNCc1ccc(-c2nnc(-c3nc(-c4ccc(S(=O)(=O)C(C)C)cc4)cnc3N)o2)cc1.PPP(P)P(P(P)P)P(P(P(P)P)P(P)P)P(P(P(P(P)P)P(P)P)P(P(P)P)P(P)P)P(P(P(P)P)P(P)P)P(P(P)P)P(P)P. The second-order valence-corrected chi connectivity index (χ2v) is 209. The first-order valence-electron chi connectivity index (χ1n) is 22.0. The van der Waals surface area contributed by atoms with Gasteiger partial charge in [0.2, 0.25) is 5.89 Å². The summed E-state index contributed by atoms with van der Waals surface area (Å²) in [5.41, 5.74) is 9.11. The Balaban J connectivity index is 0.000000448. The van der Waals surface area contributed by atoms with Crippen molar-refractivity contribution in [2.75, 3.05) is 12.3 Å². The van der Waals surface area contributed by atoms with Crippen molar-refractivity contribution in [3.05, 3.63) is 60.3 Å². The van der Waals surface area contributed by atoms with E-state index < -0.39 is 21.3 Å². The number of rotatable bonds is 31. The molecule has 58 heteroatoms. The predicted molar refractivity (Wildman–Crippen MR) is 529 cm³/mol. The smallest absolute Gasteiger partial charge is 0.270 e. The van der Waals surface area contributed by atoms with Crippen molar-refractivity contribution < 1.29 is 17.2 Å². The Labute approximate surface area is 577 Å². The second kappa shape index (κ2) is 48.1. The van der Waals surface area contributed by atoms with E-state index in [4.69, 9.17) is 10.2 Å². The Kier molecular flexibility index (Phi) is 54.3. The van der Waals surface area contributed by atoms with Gasteiger partial charge in [-0.05, 0) is 204 Å². The summed E-state index contributed by atoms with van der Waals surface area (Å²) in [6.45, 7) is 2.68. The summed E-state index contributed by atoms with van der Waals surface area (Å²) in [5, 5.41) is 10.7. The van der Waals surface area contributed by atoms with Gasteiger partial charge in [0, 0.05) is 24.2 Å². The van der Waals surface area contributed by atoms with E-state index in [-0.39, 0.29) is 188 Å². The van der Waals surface area contributed by atoms with E-state index >= 15 is 0 Å². The highest BCUT2D eigenvalue weighted by Gasteiger charge is 2.58. The van der Waals surface area contributed by atoms with Crippen LogP contribution in [0.15, 0.2) is 64.0 Å². The minimum Gasteiger partial charge on any atom is -0.414 e. The Morgan fingerprint density at radius 1 is 0.530 bits per heavy atom. The molecule has 0 saturated carbocycles. The monoisotopic (exact) mass is 2020 g/mol. The fourth-order valence-electron chi connectivity index (χ4n) is 6.12. The molecule has 0 aliphatic rings. The molecule has 0 aliphatic heterocycles. The van der Waals surface area contributed by atoms with Crippen LogP contribution in [-0.4, -0.2) is 46.5 Å². The van der Waals surface area contributed by atoms with Crippen LogP contribution in [0.4, 0.5) is 10.2 Å². The van der Waals surface area contributed by atoms with Crippen LogP contribution >= 0.6 is 376 Å². The van der Waals surface area contributed by atoms with Gasteiger partial charge in [0.1, 0.15) is 6.17 Å². The number of nitrogens with two attached hydrogens (primary N) is 1. The van der Waals surface area contributed by atoms with Crippen molar-refractivity contribution in [2.45, 2.75) is 43.6 Å². The Hall–Kier alpha value is 16.5. The highest BCUT2D eigenvalue weighted by atomic mass is 33.6. The van der Waals surface area contributed by atoms with Crippen LogP contribution in [0.3, 0.4) is 0 Å². The molecule has 0 bridgehead atoms. The third kappa shape index (κ3) is 30.1. The molecule has 4 rings (SSSR count). The number of halogens is 1. The maximum Gasteiger partial charge on any atom is 0.270 e. The van der Waals surface area contributed by atoms with E-state index in [2.05, 4.69) is 240 Å². The number of nitrogens with zero attached hydrogens (tertiary/aromatic N) is 4. The number of sulfone groups is 1. The highest BCUT2D eigenvalue weighted by molar-refractivity contribution is 9.51. The van der Waals surface area contributed by atoms with Crippen molar-refractivity contribution in [2.24, 2.45) is 0 Å². The maximum absolute atomic E-state index is 12.9. The summed E-state index contributed by atoms with van der Waals surface area (Å²) >= 11 is 0. The molecule has 472 valence electrons. The molecule has 0 spiro atoms. The molecule has 3 N–H and O–H groups in total. The van der Waals surface area contributed by atoms with Crippen LogP contribution in [-0.2, 0) is 16.4 Å². The molecule has 2 aromatic heterocycles. The number of aromatic nitrogens is 4. The molecule has 0 aliphatic carbocycles. The van der Waals surface area contributed by atoms with Gasteiger partial charge < -0.3 is 15.5 Å². The Morgan fingerprint density at radius 3 is 1.23 bits per heavy atom. The van der Waals surface area contributed by atoms with Gasteiger partial charge >= 0.3 is 0 Å². The van der Waals surface area contributed by atoms with Gasteiger partial charge in [-0.25, -0.2) is 22.8 Å². The highest BCUT2D eigenvalue weighted by Crippen LogP contribution is 3.45. The summed E-state index contributed by atoms with van der Waals surface area (Å²) in [7, 11) is 80.6. The average molecular weight is 2020 g/mol. The zero-order chi connectivity index (χ0) is 63.3.